The predicted octanol–water partition coefficient (Wildman–Crippen LogP) is 1.12. The molecule has 1 atom stereocenters. The number of hydrogen-bond acceptors (Lipinski definition) is 3. The van der Waals surface area contributed by atoms with Crippen molar-refractivity contribution in [1.82, 2.24) is 0 Å². The quantitative estimate of drug-likeness (QED) is 0.325. The first-order valence-corrected chi connectivity index (χ1v) is 3.80. The van der Waals surface area contributed by atoms with Crippen LogP contribution in [0.1, 0.15) is 0 Å². The molecule has 0 bridgehead atoms. The molecular weight excluding hydrogens is 178 g/mol. The molecule has 0 saturated carbocycles. The number of rotatable bonds is 2. The minimum Gasteiger partial charge on any atom is -0.424 e. The average molecular weight is 186 g/mol. The van der Waals surface area contributed by atoms with E-state index in [-0.39, 0.29) is 0 Å². The Labute approximate surface area is 75.1 Å². The molecule has 0 aliphatic heterocycles. The van der Waals surface area contributed by atoms with E-state index < -0.39 is 11.5 Å². The minimum atomic E-state index is -1.11. The van der Waals surface area contributed by atoms with Crippen LogP contribution in [0.2, 0.25) is 0 Å². The molecule has 0 amide bonds. The third-order valence-electron chi connectivity index (χ3n) is 1.19. The molecule has 0 spiro atoms. The zero-order valence-corrected chi connectivity index (χ0v) is 6.99. The van der Waals surface area contributed by atoms with Crippen molar-refractivity contribution in [1.29, 1.82) is 0 Å². The lowest BCUT2D eigenvalue weighted by atomic mass is 10.3. The maximum Gasteiger partial charge on any atom is 0.343 e. The standard InChI is InChI=1S/C8H8ClNO2/c9-7(10)8(11)12-6-4-2-1-3-5-6/h1-5,7H,10H2. The summed E-state index contributed by atoms with van der Waals surface area (Å²) in [4.78, 5) is 10.8. The van der Waals surface area contributed by atoms with Crippen LogP contribution < -0.4 is 10.5 Å². The molecule has 1 unspecified atom stereocenters. The molecule has 0 aliphatic carbocycles. The molecule has 1 rings (SSSR count). The van der Waals surface area contributed by atoms with Crippen LogP contribution in [0, 0.1) is 0 Å². The number of carbonyl (C=O) groups excluding carboxylic acids is 1. The first-order valence-electron chi connectivity index (χ1n) is 3.36. The van der Waals surface area contributed by atoms with Gasteiger partial charge >= 0.3 is 5.97 Å². The Hall–Kier alpha value is -1.06. The summed E-state index contributed by atoms with van der Waals surface area (Å²) in [5.74, 6) is -0.207. The van der Waals surface area contributed by atoms with Crippen molar-refractivity contribution in [2.75, 3.05) is 0 Å². The Kier molecular flexibility index (Phi) is 3.08. The summed E-state index contributed by atoms with van der Waals surface area (Å²) in [7, 11) is 0. The van der Waals surface area contributed by atoms with E-state index in [1.807, 2.05) is 6.07 Å². The van der Waals surface area contributed by atoms with Gasteiger partial charge in [-0.2, -0.15) is 0 Å². The lowest BCUT2D eigenvalue weighted by Gasteiger charge is -2.03. The lowest BCUT2D eigenvalue weighted by molar-refractivity contribution is -0.133. The fourth-order valence-corrected chi connectivity index (χ4v) is 0.706. The number of halogens is 1. The topological polar surface area (TPSA) is 52.3 Å². The summed E-state index contributed by atoms with van der Waals surface area (Å²) in [6, 6.07) is 8.62. The normalized spacial score (nSPS) is 12.2. The molecule has 1 aromatic carbocycles. The van der Waals surface area contributed by atoms with Gasteiger partial charge in [-0.05, 0) is 12.1 Å². The summed E-state index contributed by atoms with van der Waals surface area (Å²) in [6.45, 7) is 0. The van der Waals surface area contributed by atoms with Crippen LogP contribution in [0.25, 0.3) is 0 Å². The van der Waals surface area contributed by atoms with Crippen molar-refractivity contribution >= 4 is 17.6 Å². The Morgan fingerprint density at radius 1 is 1.42 bits per heavy atom. The van der Waals surface area contributed by atoms with Gasteiger partial charge in [0.1, 0.15) is 5.75 Å². The van der Waals surface area contributed by atoms with E-state index in [0.717, 1.165) is 0 Å². The average Bonchev–Trinajstić information content (AvgIpc) is 2.06. The second kappa shape index (κ2) is 4.09. The highest BCUT2D eigenvalue weighted by Crippen LogP contribution is 2.09. The monoisotopic (exact) mass is 185 g/mol. The van der Waals surface area contributed by atoms with Gasteiger partial charge in [0.25, 0.3) is 0 Å². The van der Waals surface area contributed by atoms with Gasteiger partial charge in [0.15, 0.2) is 5.50 Å². The summed E-state index contributed by atoms with van der Waals surface area (Å²) in [6.07, 6.45) is 0. The van der Waals surface area contributed by atoms with Crippen molar-refractivity contribution in [2.24, 2.45) is 5.73 Å². The Bertz CT molecular complexity index is 261. The highest BCUT2D eigenvalue weighted by atomic mass is 35.5. The SMILES string of the molecule is NC(Cl)C(=O)Oc1ccccc1. The third kappa shape index (κ3) is 2.53. The number of alkyl halides is 1. The number of hydrogen-bond donors (Lipinski definition) is 1. The molecule has 3 nitrogen and oxygen atoms in total. The Morgan fingerprint density at radius 3 is 2.50 bits per heavy atom. The van der Waals surface area contributed by atoms with E-state index in [1.54, 1.807) is 24.3 Å². The second-order valence-corrected chi connectivity index (χ2v) is 2.61. The summed E-state index contributed by atoms with van der Waals surface area (Å²) in [5.41, 5.74) is 3.97. The van der Waals surface area contributed by atoms with Crippen LogP contribution in [0.4, 0.5) is 0 Å². The maximum absolute atomic E-state index is 10.8. The molecule has 64 valence electrons. The third-order valence-corrected chi connectivity index (χ3v) is 1.36. The van der Waals surface area contributed by atoms with E-state index in [4.69, 9.17) is 22.1 Å². The molecule has 0 heterocycles. The van der Waals surface area contributed by atoms with Crippen LogP contribution in [-0.2, 0) is 4.79 Å². The predicted molar refractivity (Wildman–Crippen MR) is 45.9 cm³/mol. The van der Waals surface area contributed by atoms with Crippen LogP contribution in [0.3, 0.4) is 0 Å². The van der Waals surface area contributed by atoms with E-state index in [0.29, 0.717) is 5.75 Å². The highest BCUT2D eigenvalue weighted by Gasteiger charge is 2.11. The number of ether oxygens (including phenoxy) is 1. The molecule has 2 N–H and O–H groups in total. The maximum atomic E-state index is 10.8. The van der Waals surface area contributed by atoms with Crippen molar-refractivity contribution in [3.63, 3.8) is 0 Å². The van der Waals surface area contributed by atoms with Gasteiger partial charge in [-0.3, -0.25) is 0 Å². The lowest BCUT2D eigenvalue weighted by Crippen LogP contribution is -2.28. The molecule has 0 fully saturated rings. The second-order valence-electron chi connectivity index (χ2n) is 2.14. The number of nitrogens with two attached hydrogens (primary N) is 1. The molecule has 0 saturated heterocycles. The first-order chi connectivity index (χ1) is 5.70. The molecular formula is C8H8ClNO2. The van der Waals surface area contributed by atoms with Gasteiger partial charge in [0.2, 0.25) is 0 Å². The molecule has 12 heavy (non-hydrogen) atoms. The van der Waals surface area contributed by atoms with Gasteiger partial charge in [0, 0.05) is 0 Å². The van der Waals surface area contributed by atoms with E-state index in [9.17, 15) is 4.79 Å². The molecule has 0 aromatic heterocycles. The number of benzene rings is 1. The summed E-state index contributed by atoms with van der Waals surface area (Å²) < 4.78 is 4.78. The molecule has 4 heteroatoms. The first kappa shape index (κ1) is 9.03. The zero-order chi connectivity index (χ0) is 8.97. The van der Waals surface area contributed by atoms with Crippen LogP contribution in [0.5, 0.6) is 5.75 Å². The van der Waals surface area contributed by atoms with E-state index >= 15 is 0 Å². The smallest absolute Gasteiger partial charge is 0.343 e. The molecule has 0 radical (unpaired) electrons. The highest BCUT2D eigenvalue weighted by molar-refractivity contribution is 6.29. The van der Waals surface area contributed by atoms with E-state index in [1.165, 1.54) is 0 Å². The molecule has 1 aromatic rings. The number of esters is 1. The van der Waals surface area contributed by atoms with Crippen molar-refractivity contribution in [3.8, 4) is 5.75 Å². The fourth-order valence-electron chi connectivity index (χ4n) is 0.661. The largest absolute Gasteiger partial charge is 0.424 e. The van der Waals surface area contributed by atoms with Gasteiger partial charge < -0.3 is 10.5 Å². The van der Waals surface area contributed by atoms with Gasteiger partial charge in [-0.25, -0.2) is 4.79 Å². The van der Waals surface area contributed by atoms with Crippen LogP contribution in [0.15, 0.2) is 30.3 Å². The number of para-hydroxylation sites is 1. The Morgan fingerprint density at radius 2 is 2.00 bits per heavy atom. The van der Waals surface area contributed by atoms with Crippen LogP contribution in [-0.4, -0.2) is 11.5 Å². The van der Waals surface area contributed by atoms with Crippen molar-refractivity contribution < 1.29 is 9.53 Å². The van der Waals surface area contributed by atoms with Crippen molar-refractivity contribution in [3.05, 3.63) is 30.3 Å². The van der Waals surface area contributed by atoms with E-state index in [2.05, 4.69) is 0 Å². The summed E-state index contributed by atoms with van der Waals surface area (Å²) >= 11 is 5.28. The minimum absolute atomic E-state index is 0.443. The number of carbonyl (C=O) groups is 1. The van der Waals surface area contributed by atoms with Crippen LogP contribution >= 0.6 is 11.6 Å². The summed E-state index contributed by atoms with van der Waals surface area (Å²) in [5, 5.41) is 0. The fraction of sp³-hybridized carbons (Fsp3) is 0.125. The Balaban J connectivity index is 2.59. The van der Waals surface area contributed by atoms with Crippen molar-refractivity contribution in [2.45, 2.75) is 5.50 Å². The zero-order valence-electron chi connectivity index (χ0n) is 6.24. The van der Waals surface area contributed by atoms with Gasteiger partial charge in [-0.1, -0.05) is 29.8 Å². The molecule has 0 aliphatic rings. The van der Waals surface area contributed by atoms with Gasteiger partial charge in [0.05, 0.1) is 0 Å². The van der Waals surface area contributed by atoms with Gasteiger partial charge in [-0.15, -0.1) is 0 Å².